The highest BCUT2D eigenvalue weighted by Crippen LogP contribution is 2.24. The van der Waals surface area contributed by atoms with E-state index in [4.69, 9.17) is 5.73 Å². The van der Waals surface area contributed by atoms with Crippen LogP contribution in [0, 0.1) is 6.92 Å². The minimum Gasteiger partial charge on any atom is -0.315 e. The molecule has 0 aromatic heterocycles. The highest BCUT2D eigenvalue weighted by atomic mass is 16.1. The SMILES string of the molecule is Cc1ccccc1C(=O)C(C)(N)c1ccccc1. The van der Waals surface area contributed by atoms with Gasteiger partial charge < -0.3 is 5.73 Å². The van der Waals surface area contributed by atoms with Crippen LogP contribution < -0.4 is 5.73 Å². The third-order valence-electron chi connectivity index (χ3n) is 3.23. The van der Waals surface area contributed by atoms with Crippen LogP contribution in [0.15, 0.2) is 54.6 Å². The zero-order chi connectivity index (χ0) is 13.2. The van der Waals surface area contributed by atoms with E-state index in [1.165, 1.54) is 0 Å². The molecule has 1 atom stereocenters. The molecule has 2 heteroatoms. The molecule has 0 heterocycles. The van der Waals surface area contributed by atoms with Gasteiger partial charge in [0.1, 0.15) is 5.54 Å². The van der Waals surface area contributed by atoms with Crippen LogP contribution >= 0.6 is 0 Å². The Bertz CT molecular complexity index is 558. The second-order valence-electron chi connectivity index (χ2n) is 4.71. The summed E-state index contributed by atoms with van der Waals surface area (Å²) in [5.41, 5.74) is 7.71. The van der Waals surface area contributed by atoms with Gasteiger partial charge in [-0.05, 0) is 25.0 Å². The van der Waals surface area contributed by atoms with Gasteiger partial charge in [0.2, 0.25) is 0 Å². The summed E-state index contributed by atoms with van der Waals surface area (Å²) in [7, 11) is 0. The molecule has 0 bridgehead atoms. The molecule has 2 nitrogen and oxygen atoms in total. The number of rotatable bonds is 3. The summed E-state index contributed by atoms with van der Waals surface area (Å²) in [5.74, 6) is -0.0493. The summed E-state index contributed by atoms with van der Waals surface area (Å²) in [5, 5.41) is 0. The molecular formula is C16H17NO. The van der Waals surface area contributed by atoms with Crippen LogP contribution in [0.25, 0.3) is 0 Å². The van der Waals surface area contributed by atoms with Crippen LogP contribution in [0.2, 0.25) is 0 Å². The van der Waals surface area contributed by atoms with Gasteiger partial charge in [-0.2, -0.15) is 0 Å². The maximum Gasteiger partial charge on any atom is 0.187 e. The van der Waals surface area contributed by atoms with Crippen molar-refractivity contribution in [3.8, 4) is 0 Å². The maximum atomic E-state index is 12.6. The molecule has 2 aromatic rings. The number of carbonyl (C=O) groups excluding carboxylic acids is 1. The van der Waals surface area contributed by atoms with E-state index in [-0.39, 0.29) is 5.78 Å². The van der Waals surface area contributed by atoms with Gasteiger partial charge >= 0.3 is 0 Å². The summed E-state index contributed by atoms with van der Waals surface area (Å²) >= 11 is 0. The van der Waals surface area contributed by atoms with Crippen molar-refractivity contribution in [2.45, 2.75) is 19.4 Å². The third-order valence-corrected chi connectivity index (χ3v) is 3.23. The molecule has 2 aromatic carbocycles. The van der Waals surface area contributed by atoms with Gasteiger partial charge in [0.05, 0.1) is 0 Å². The lowest BCUT2D eigenvalue weighted by atomic mass is 9.84. The number of Topliss-reactive ketones (excluding diaryl/α,β-unsaturated/α-hetero) is 1. The summed E-state index contributed by atoms with van der Waals surface area (Å²) in [6.45, 7) is 3.69. The monoisotopic (exact) mass is 239 g/mol. The van der Waals surface area contributed by atoms with E-state index in [0.717, 1.165) is 11.1 Å². The summed E-state index contributed by atoms with van der Waals surface area (Å²) in [4.78, 5) is 12.6. The predicted octanol–water partition coefficient (Wildman–Crippen LogP) is 3.05. The molecule has 2 rings (SSSR count). The third kappa shape index (κ3) is 2.20. The van der Waals surface area contributed by atoms with Gasteiger partial charge in [0.25, 0.3) is 0 Å². The Morgan fingerprint density at radius 2 is 1.56 bits per heavy atom. The zero-order valence-corrected chi connectivity index (χ0v) is 10.7. The van der Waals surface area contributed by atoms with Crippen molar-refractivity contribution in [1.82, 2.24) is 0 Å². The van der Waals surface area contributed by atoms with E-state index in [1.54, 1.807) is 6.92 Å². The van der Waals surface area contributed by atoms with Crippen LogP contribution in [0.5, 0.6) is 0 Å². The van der Waals surface area contributed by atoms with Crippen molar-refractivity contribution in [2.24, 2.45) is 5.73 Å². The number of hydrogen-bond donors (Lipinski definition) is 1. The summed E-state index contributed by atoms with van der Waals surface area (Å²) in [6.07, 6.45) is 0. The smallest absolute Gasteiger partial charge is 0.187 e. The fourth-order valence-corrected chi connectivity index (χ4v) is 2.02. The van der Waals surface area contributed by atoms with E-state index >= 15 is 0 Å². The average molecular weight is 239 g/mol. The standard InChI is InChI=1S/C16H17NO/c1-12-8-6-7-11-14(12)15(18)16(2,17)13-9-4-3-5-10-13/h3-11H,17H2,1-2H3. The molecule has 0 aliphatic carbocycles. The minimum atomic E-state index is -0.993. The number of nitrogens with two attached hydrogens (primary N) is 1. The van der Waals surface area contributed by atoms with E-state index in [2.05, 4.69) is 0 Å². The Hall–Kier alpha value is -1.93. The van der Waals surface area contributed by atoms with E-state index in [0.29, 0.717) is 5.56 Å². The minimum absolute atomic E-state index is 0.0493. The number of ketones is 1. The van der Waals surface area contributed by atoms with E-state index in [9.17, 15) is 4.79 Å². The highest BCUT2D eigenvalue weighted by molar-refractivity contribution is 6.04. The molecule has 18 heavy (non-hydrogen) atoms. The van der Waals surface area contributed by atoms with Gasteiger partial charge in [0.15, 0.2) is 5.78 Å². The second-order valence-corrected chi connectivity index (χ2v) is 4.71. The number of carbonyl (C=O) groups is 1. The maximum absolute atomic E-state index is 12.6. The zero-order valence-electron chi connectivity index (χ0n) is 10.7. The van der Waals surface area contributed by atoms with E-state index < -0.39 is 5.54 Å². The molecular weight excluding hydrogens is 222 g/mol. The fourth-order valence-electron chi connectivity index (χ4n) is 2.02. The average Bonchev–Trinajstić information content (AvgIpc) is 2.39. The lowest BCUT2D eigenvalue weighted by Crippen LogP contribution is -2.42. The Morgan fingerprint density at radius 1 is 1.00 bits per heavy atom. The Morgan fingerprint density at radius 3 is 2.17 bits per heavy atom. The number of hydrogen-bond acceptors (Lipinski definition) is 2. The fraction of sp³-hybridized carbons (Fsp3) is 0.188. The van der Waals surface area contributed by atoms with Gasteiger partial charge in [-0.3, -0.25) is 4.79 Å². The van der Waals surface area contributed by atoms with Crippen molar-refractivity contribution in [1.29, 1.82) is 0 Å². The molecule has 2 N–H and O–H groups in total. The van der Waals surface area contributed by atoms with Gasteiger partial charge in [-0.1, -0.05) is 54.6 Å². The Labute approximate surface area is 107 Å². The van der Waals surface area contributed by atoms with Crippen LogP contribution in [0.1, 0.15) is 28.4 Å². The van der Waals surface area contributed by atoms with E-state index in [1.807, 2.05) is 61.5 Å². The first-order valence-corrected chi connectivity index (χ1v) is 5.98. The molecule has 92 valence electrons. The summed E-state index contributed by atoms with van der Waals surface area (Å²) in [6, 6.07) is 17.0. The molecule has 0 spiro atoms. The number of benzene rings is 2. The molecule has 0 aliphatic rings. The lowest BCUT2D eigenvalue weighted by molar-refractivity contribution is 0.0899. The quantitative estimate of drug-likeness (QED) is 0.836. The van der Waals surface area contributed by atoms with Crippen molar-refractivity contribution in [3.05, 3.63) is 71.3 Å². The van der Waals surface area contributed by atoms with Gasteiger partial charge in [-0.25, -0.2) is 0 Å². The van der Waals surface area contributed by atoms with Crippen molar-refractivity contribution >= 4 is 5.78 Å². The van der Waals surface area contributed by atoms with Crippen molar-refractivity contribution in [3.63, 3.8) is 0 Å². The predicted molar refractivity (Wildman–Crippen MR) is 73.5 cm³/mol. The van der Waals surface area contributed by atoms with Crippen molar-refractivity contribution in [2.75, 3.05) is 0 Å². The summed E-state index contributed by atoms with van der Waals surface area (Å²) < 4.78 is 0. The highest BCUT2D eigenvalue weighted by Gasteiger charge is 2.31. The molecule has 0 aliphatic heterocycles. The first-order chi connectivity index (χ1) is 8.53. The normalized spacial score (nSPS) is 13.9. The first-order valence-electron chi connectivity index (χ1n) is 5.98. The van der Waals surface area contributed by atoms with Gasteiger partial charge in [-0.15, -0.1) is 0 Å². The van der Waals surface area contributed by atoms with Crippen LogP contribution in [-0.4, -0.2) is 5.78 Å². The topological polar surface area (TPSA) is 43.1 Å². The lowest BCUT2D eigenvalue weighted by Gasteiger charge is -2.24. The van der Waals surface area contributed by atoms with Crippen LogP contribution in [0.3, 0.4) is 0 Å². The van der Waals surface area contributed by atoms with Crippen molar-refractivity contribution < 1.29 is 4.79 Å². The van der Waals surface area contributed by atoms with Crippen LogP contribution in [0.4, 0.5) is 0 Å². The second kappa shape index (κ2) is 4.75. The molecule has 0 saturated carbocycles. The first kappa shape index (κ1) is 12.5. The Kier molecular flexibility index (Phi) is 3.30. The number of aryl methyl sites for hydroxylation is 1. The molecule has 0 amide bonds. The molecule has 0 radical (unpaired) electrons. The van der Waals surface area contributed by atoms with Crippen LogP contribution in [-0.2, 0) is 5.54 Å². The molecule has 1 unspecified atom stereocenters. The van der Waals surface area contributed by atoms with Gasteiger partial charge in [0, 0.05) is 5.56 Å². The molecule has 0 fully saturated rings. The molecule has 0 saturated heterocycles. The largest absolute Gasteiger partial charge is 0.315 e. The Balaban J connectivity index is 2.43.